The largest absolute Gasteiger partial charge is 0.454 e. The van der Waals surface area contributed by atoms with Crippen LogP contribution in [0.25, 0.3) is 0 Å². The second-order valence-electron chi connectivity index (χ2n) is 5.00. The van der Waals surface area contributed by atoms with Gasteiger partial charge in [-0.2, -0.15) is 0 Å². The maximum absolute atomic E-state index is 11.7. The van der Waals surface area contributed by atoms with Crippen LogP contribution in [0.5, 0.6) is 11.5 Å². The smallest absolute Gasteiger partial charge is 0.231 e. The molecule has 98 valence electrons. The number of carbonyl (C=O) groups excluding carboxylic acids is 1. The molecule has 0 bridgehead atoms. The average Bonchev–Trinajstić information content (AvgIpc) is 2.74. The van der Waals surface area contributed by atoms with Crippen LogP contribution in [-0.2, 0) is 4.79 Å². The molecule has 1 aromatic rings. The highest BCUT2D eigenvalue weighted by molar-refractivity contribution is 5.76. The Labute approximate surface area is 107 Å². The lowest BCUT2D eigenvalue weighted by atomic mass is 10.1. The summed E-state index contributed by atoms with van der Waals surface area (Å²) < 4.78 is 10.6. The van der Waals surface area contributed by atoms with Crippen molar-refractivity contribution in [3.8, 4) is 11.5 Å². The van der Waals surface area contributed by atoms with E-state index in [-0.39, 0.29) is 18.7 Å². The second-order valence-corrected chi connectivity index (χ2v) is 5.00. The van der Waals surface area contributed by atoms with Crippen LogP contribution in [0, 0.1) is 5.92 Å². The molecule has 0 saturated heterocycles. The zero-order chi connectivity index (χ0) is 13.1. The minimum absolute atomic E-state index is 0.0225. The van der Waals surface area contributed by atoms with Crippen molar-refractivity contribution >= 4 is 5.91 Å². The molecule has 2 rings (SSSR count). The Kier molecular flexibility index (Phi) is 3.75. The van der Waals surface area contributed by atoms with Crippen molar-refractivity contribution in [2.75, 3.05) is 6.79 Å². The van der Waals surface area contributed by atoms with E-state index in [2.05, 4.69) is 5.32 Å². The standard InChI is InChI=1S/C14H19NO3/c1-9(2)6-14(16)15-10(3)11-4-5-12-13(7-11)18-8-17-12/h4-5,7,9-10H,6,8H2,1-3H3,(H,15,16). The summed E-state index contributed by atoms with van der Waals surface area (Å²) in [5.41, 5.74) is 1.02. The zero-order valence-corrected chi connectivity index (χ0v) is 11.0. The van der Waals surface area contributed by atoms with E-state index in [1.54, 1.807) is 0 Å². The van der Waals surface area contributed by atoms with Crippen LogP contribution in [0.3, 0.4) is 0 Å². The lowest BCUT2D eigenvalue weighted by Crippen LogP contribution is -2.27. The summed E-state index contributed by atoms with van der Waals surface area (Å²) in [4.78, 5) is 11.7. The van der Waals surface area contributed by atoms with Gasteiger partial charge in [-0.1, -0.05) is 19.9 Å². The van der Waals surface area contributed by atoms with E-state index in [1.165, 1.54) is 0 Å². The van der Waals surface area contributed by atoms with Gasteiger partial charge < -0.3 is 14.8 Å². The first-order valence-corrected chi connectivity index (χ1v) is 6.25. The molecule has 0 aliphatic carbocycles. The normalized spacial score (nSPS) is 14.7. The summed E-state index contributed by atoms with van der Waals surface area (Å²) in [6.07, 6.45) is 0.550. The van der Waals surface area contributed by atoms with Gasteiger partial charge in [0.15, 0.2) is 11.5 Å². The third-order valence-electron chi connectivity index (χ3n) is 2.87. The average molecular weight is 249 g/mol. The third-order valence-corrected chi connectivity index (χ3v) is 2.87. The van der Waals surface area contributed by atoms with E-state index in [0.29, 0.717) is 12.3 Å². The number of carbonyl (C=O) groups is 1. The molecule has 0 spiro atoms. The summed E-state index contributed by atoms with van der Waals surface area (Å²) in [5, 5.41) is 2.98. The van der Waals surface area contributed by atoms with Crippen LogP contribution in [0.15, 0.2) is 18.2 Å². The van der Waals surface area contributed by atoms with Crippen LogP contribution >= 0.6 is 0 Å². The summed E-state index contributed by atoms with van der Waals surface area (Å²) in [5.74, 6) is 1.96. The molecule has 1 atom stereocenters. The highest BCUT2D eigenvalue weighted by atomic mass is 16.7. The molecule has 18 heavy (non-hydrogen) atoms. The molecule has 1 heterocycles. The molecule has 1 amide bonds. The quantitative estimate of drug-likeness (QED) is 0.892. The zero-order valence-electron chi connectivity index (χ0n) is 11.0. The first-order valence-electron chi connectivity index (χ1n) is 6.25. The first kappa shape index (κ1) is 12.7. The van der Waals surface area contributed by atoms with Crippen molar-refractivity contribution in [3.63, 3.8) is 0 Å². The number of hydrogen-bond donors (Lipinski definition) is 1. The van der Waals surface area contributed by atoms with Gasteiger partial charge in [0.2, 0.25) is 12.7 Å². The molecule has 0 fully saturated rings. The predicted molar refractivity (Wildman–Crippen MR) is 68.6 cm³/mol. The fourth-order valence-electron chi connectivity index (χ4n) is 1.94. The van der Waals surface area contributed by atoms with Crippen LogP contribution < -0.4 is 14.8 Å². The van der Waals surface area contributed by atoms with Gasteiger partial charge in [-0.25, -0.2) is 0 Å². The third kappa shape index (κ3) is 2.94. The minimum atomic E-state index is -0.0225. The molecule has 4 heteroatoms. The number of ether oxygens (including phenoxy) is 2. The Morgan fingerprint density at radius 3 is 2.72 bits per heavy atom. The monoisotopic (exact) mass is 249 g/mol. The van der Waals surface area contributed by atoms with Crippen molar-refractivity contribution in [2.24, 2.45) is 5.92 Å². The Morgan fingerprint density at radius 1 is 1.28 bits per heavy atom. The van der Waals surface area contributed by atoms with Crippen LogP contribution in [0.1, 0.15) is 38.8 Å². The van der Waals surface area contributed by atoms with E-state index in [9.17, 15) is 4.79 Å². The van der Waals surface area contributed by atoms with Crippen molar-refractivity contribution in [3.05, 3.63) is 23.8 Å². The highest BCUT2D eigenvalue weighted by Crippen LogP contribution is 2.34. The van der Waals surface area contributed by atoms with Crippen molar-refractivity contribution < 1.29 is 14.3 Å². The van der Waals surface area contributed by atoms with E-state index in [4.69, 9.17) is 9.47 Å². The van der Waals surface area contributed by atoms with Gasteiger partial charge in [-0.3, -0.25) is 4.79 Å². The summed E-state index contributed by atoms with van der Waals surface area (Å²) in [6, 6.07) is 5.73. The van der Waals surface area contributed by atoms with E-state index in [1.807, 2.05) is 39.0 Å². The van der Waals surface area contributed by atoms with Crippen molar-refractivity contribution in [1.82, 2.24) is 5.32 Å². The number of rotatable bonds is 4. The fraction of sp³-hybridized carbons (Fsp3) is 0.500. The van der Waals surface area contributed by atoms with E-state index in [0.717, 1.165) is 17.1 Å². The predicted octanol–water partition coefficient (Wildman–Crippen LogP) is 2.64. The fourth-order valence-corrected chi connectivity index (χ4v) is 1.94. The lowest BCUT2D eigenvalue weighted by molar-refractivity contribution is -0.122. The minimum Gasteiger partial charge on any atom is -0.454 e. The molecular weight excluding hydrogens is 230 g/mol. The maximum Gasteiger partial charge on any atom is 0.231 e. The second kappa shape index (κ2) is 5.29. The number of nitrogens with one attached hydrogen (secondary N) is 1. The van der Waals surface area contributed by atoms with Gasteiger partial charge in [0.25, 0.3) is 0 Å². The number of fused-ring (bicyclic) bond motifs is 1. The van der Waals surface area contributed by atoms with Crippen LogP contribution in [0.2, 0.25) is 0 Å². The summed E-state index contributed by atoms with van der Waals surface area (Å²) in [7, 11) is 0. The lowest BCUT2D eigenvalue weighted by Gasteiger charge is -2.15. The van der Waals surface area contributed by atoms with Gasteiger partial charge in [0.1, 0.15) is 0 Å². The molecule has 0 radical (unpaired) electrons. The van der Waals surface area contributed by atoms with Gasteiger partial charge in [0, 0.05) is 6.42 Å². The highest BCUT2D eigenvalue weighted by Gasteiger charge is 2.16. The molecular formula is C14H19NO3. The number of hydrogen-bond acceptors (Lipinski definition) is 3. The summed E-state index contributed by atoms with van der Waals surface area (Å²) in [6.45, 7) is 6.30. The van der Waals surface area contributed by atoms with Crippen LogP contribution in [0.4, 0.5) is 0 Å². The maximum atomic E-state index is 11.7. The molecule has 1 aromatic carbocycles. The van der Waals surface area contributed by atoms with Gasteiger partial charge in [-0.15, -0.1) is 0 Å². The Bertz CT molecular complexity index is 443. The Morgan fingerprint density at radius 2 is 2.00 bits per heavy atom. The molecule has 1 aliphatic heterocycles. The molecule has 1 aliphatic rings. The van der Waals surface area contributed by atoms with Gasteiger partial charge in [0.05, 0.1) is 6.04 Å². The first-order chi connectivity index (χ1) is 8.56. The van der Waals surface area contributed by atoms with Crippen molar-refractivity contribution in [1.29, 1.82) is 0 Å². The summed E-state index contributed by atoms with van der Waals surface area (Å²) >= 11 is 0. The SMILES string of the molecule is CC(C)CC(=O)NC(C)c1ccc2c(c1)OCO2. The number of benzene rings is 1. The Hall–Kier alpha value is -1.71. The number of amides is 1. The molecule has 4 nitrogen and oxygen atoms in total. The topological polar surface area (TPSA) is 47.6 Å². The van der Waals surface area contributed by atoms with Crippen LogP contribution in [-0.4, -0.2) is 12.7 Å². The Balaban J connectivity index is 2.00. The molecule has 1 unspecified atom stereocenters. The van der Waals surface area contributed by atoms with Gasteiger partial charge in [-0.05, 0) is 30.5 Å². The van der Waals surface area contributed by atoms with Gasteiger partial charge >= 0.3 is 0 Å². The molecule has 0 saturated carbocycles. The van der Waals surface area contributed by atoms with E-state index < -0.39 is 0 Å². The van der Waals surface area contributed by atoms with E-state index >= 15 is 0 Å². The van der Waals surface area contributed by atoms with Crippen molar-refractivity contribution in [2.45, 2.75) is 33.2 Å². The molecule has 1 N–H and O–H groups in total. The molecule has 0 aromatic heterocycles.